The SMILES string of the molecule is CCOC(C)n1cc(-c2nc(/C(C=N)=C/NC)cn3nccc23)cn1. The van der Waals surface area contributed by atoms with E-state index in [0.717, 1.165) is 16.8 Å². The van der Waals surface area contributed by atoms with Gasteiger partial charge in [0, 0.05) is 43.4 Å². The molecule has 2 N–H and O–H groups in total. The zero-order valence-electron chi connectivity index (χ0n) is 14.5. The molecule has 0 saturated carbocycles. The molecule has 0 saturated heterocycles. The van der Waals surface area contributed by atoms with E-state index in [-0.39, 0.29) is 6.23 Å². The Bertz CT molecular complexity index is 909. The van der Waals surface area contributed by atoms with Crippen molar-refractivity contribution in [2.24, 2.45) is 0 Å². The maximum atomic E-state index is 7.62. The first kappa shape index (κ1) is 16.8. The molecule has 130 valence electrons. The van der Waals surface area contributed by atoms with E-state index >= 15 is 0 Å². The van der Waals surface area contributed by atoms with Crippen LogP contribution in [-0.2, 0) is 4.74 Å². The van der Waals surface area contributed by atoms with Gasteiger partial charge in [0.2, 0.25) is 0 Å². The summed E-state index contributed by atoms with van der Waals surface area (Å²) in [6, 6.07) is 1.90. The lowest BCUT2D eigenvalue weighted by Gasteiger charge is -2.11. The minimum atomic E-state index is -0.149. The normalized spacial score (nSPS) is 13.2. The largest absolute Gasteiger partial charge is 0.393 e. The van der Waals surface area contributed by atoms with Crippen LogP contribution < -0.4 is 5.32 Å². The van der Waals surface area contributed by atoms with Gasteiger partial charge < -0.3 is 15.5 Å². The Morgan fingerprint density at radius 3 is 2.96 bits per heavy atom. The summed E-state index contributed by atoms with van der Waals surface area (Å²) in [6.07, 6.45) is 10.0. The van der Waals surface area contributed by atoms with Gasteiger partial charge >= 0.3 is 0 Å². The minimum Gasteiger partial charge on any atom is -0.393 e. The highest BCUT2D eigenvalue weighted by Crippen LogP contribution is 2.25. The lowest BCUT2D eigenvalue weighted by atomic mass is 10.2. The summed E-state index contributed by atoms with van der Waals surface area (Å²) in [5.74, 6) is 0. The Morgan fingerprint density at radius 1 is 1.40 bits per heavy atom. The van der Waals surface area contributed by atoms with Crippen molar-refractivity contribution in [3.05, 3.63) is 42.7 Å². The van der Waals surface area contributed by atoms with Crippen molar-refractivity contribution in [2.75, 3.05) is 13.7 Å². The summed E-state index contributed by atoms with van der Waals surface area (Å²) < 4.78 is 9.10. The molecule has 3 aromatic rings. The van der Waals surface area contributed by atoms with Gasteiger partial charge in [-0.25, -0.2) is 14.2 Å². The van der Waals surface area contributed by atoms with Crippen molar-refractivity contribution < 1.29 is 4.74 Å². The second kappa shape index (κ2) is 7.27. The third-order valence-corrected chi connectivity index (χ3v) is 3.80. The van der Waals surface area contributed by atoms with Crippen molar-refractivity contribution in [1.82, 2.24) is 29.7 Å². The fraction of sp³-hybridized carbons (Fsp3) is 0.294. The molecule has 8 heteroatoms. The quantitative estimate of drug-likeness (QED) is 0.645. The summed E-state index contributed by atoms with van der Waals surface area (Å²) in [7, 11) is 1.79. The van der Waals surface area contributed by atoms with Crippen LogP contribution >= 0.6 is 0 Å². The van der Waals surface area contributed by atoms with E-state index in [4.69, 9.17) is 15.1 Å². The highest BCUT2D eigenvalue weighted by molar-refractivity contribution is 6.07. The molecular weight excluding hydrogens is 318 g/mol. The van der Waals surface area contributed by atoms with Gasteiger partial charge in [-0.15, -0.1) is 0 Å². The molecule has 0 fully saturated rings. The molecule has 1 unspecified atom stereocenters. The third-order valence-electron chi connectivity index (χ3n) is 3.80. The fourth-order valence-corrected chi connectivity index (χ4v) is 2.60. The van der Waals surface area contributed by atoms with Crippen molar-refractivity contribution in [3.63, 3.8) is 0 Å². The number of nitrogens with zero attached hydrogens (tertiary/aromatic N) is 5. The van der Waals surface area contributed by atoms with Crippen molar-refractivity contribution in [1.29, 1.82) is 5.41 Å². The van der Waals surface area contributed by atoms with Crippen LogP contribution in [-0.4, -0.2) is 44.2 Å². The van der Waals surface area contributed by atoms with Crippen LogP contribution in [0, 0.1) is 5.41 Å². The van der Waals surface area contributed by atoms with E-state index in [2.05, 4.69) is 15.5 Å². The van der Waals surface area contributed by atoms with Gasteiger partial charge in [0.25, 0.3) is 0 Å². The first-order valence-electron chi connectivity index (χ1n) is 8.06. The maximum absolute atomic E-state index is 7.62. The molecule has 0 bridgehead atoms. The van der Waals surface area contributed by atoms with E-state index in [1.807, 2.05) is 26.1 Å². The summed E-state index contributed by atoms with van der Waals surface area (Å²) in [5, 5.41) is 19.3. The molecule has 0 aliphatic heterocycles. The van der Waals surface area contributed by atoms with Gasteiger partial charge in [0.05, 0.1) is 35.5 Å². The van der Waals surface area contributed by atoms with Crippen LogP contribution in [0.3, 0.4) is 0 Å². The van der Waals surface area contributed by atoms with Crippen LogP contribution in [0.5, 0.6) is 0 Å². The Labute approximate surface area is 145 Å². The van der Waals surface area contributed by atoms with Gasteiger partial charge in [-0.3, -0.25) is 0 Å². The van der Waals surface area contributed by atoms with E-state index in [0.29, 0.717) is 17.9 Å². The molecule has 0 radical (unpaired) electrons. The van der Waals surface area contributed by atoms with Crippen molar-refractivity contribution >= 4 is 17.3 Å². The van der Waals surface area contributed by atoms with Crippen molar-refractivity contribution in [3.8, 4) is 11.3 Å². The number of hydrogen-bond donors (Lipinski definition) is 2. The average Bonchev–Trinajstić information content (AvgIpc) is 3.28. The second-order valence-electron chi connectivity index (χ2n) is 5.43. The molecule has 3 aromatic heterocycles. The summed E-state index contributed by atoms with van der Waals surface area (Å²) in [4.78, 5) is 4.74. The second-order valence-corrected chi connectivity index (χ2v) is 5.43. The molecule has 1 atom stereocenters. The van der Waals surface area contributed by atoms with Gasteiger partial charge in [-0.05, 0) is 19.9 Å². The Kier molecular flexibility index (Phi) is 4.90. The average molecular weight is 339 g/mol. The van der Waals surface area contributed by atoms with Gasteiger partial charge in [0.15, 0.2) is 0 Å². The first-order valence-corrected chi connectivity index (χ1v) is 8.06. The number of allylic oxidation sites excluding steroid dienone is 1. The van der Waals surface area contributed by atoms with Crippen molar-refractivity contribution in [2.45, 2.75) is 20.1 Å². The predicted molar refractivity (Wildman–Crippen MR) is 96.4 cm³/mol. The van der Waals surface area contributed by atoms with Crippen LogP contribution in [0.1, 0.15) is 25.8 Å². The van der Waals surface area contributed by atoms with E-state index < -0.39 is 0 Å². The smallest absolute Gasteiger partial charge is 0.147 e. The van der Waals surface area contributed by atoms with Gasteiger partial charge in [-0.1, -0.05) is 0 Å². The monoisotopic (exact) mass is 339 g/mol. The Hall–Kier alpha value is -3.00. The zero-order valence-corrected chi connectivity index (χ0v) is 14.5. The van der Waals surface area contributed by atoms with E-state index in [1.54, 1.807) is 41.0 Å². The van der Waals surface area contributed by atoms with Crippen LogP contribution in [0.25, 0.3) is 22.3 Å². The van der Waals surface area contributed by atoms with Gasteiger partial charge in [0.1, 0.15) is 6.23 Å². The molecule has 3 rings (SSSR count). The minimum absolute atomic E-state index is 0.149. The summed E-state index contributed by atoms with van der Waals surface area (Å²) in [6.45, 7) is 4.52. The number of hydrogen-bond acceptors (Lipinski definition) is 6. The molecule has 25 heavy (non-hydrogen) atoms. The van der Waals surface area contributed by atoms with Crippen LogP contribution in [0.4, 0.5) is 0 Å². The molecule has 8 nitrogen and oxygen atoms in total. The maximum Gasteiger partial charge on any atom is 0.147 e. The number of aromatic nitrogens is 5. The standard InChI is InChI=1S/C17H21N7O/c1-4-25-12(2)23-10-14(9-21-23)17-16-5-6-20-24(16)11-15(22-17)13(7-18)8-19-3/h5-12,18-19H,4H2,1-3H3/b13-8+,18-7?. The Morgan fingerprint density at radius 2 is 2.24 bits per heavy atom. The van der Waals surface area contributed by atoms with E-state index in [1.165, 1.54) is 6.21 Å². The number of fused-ring (bicyclic) bond motifs is 1. The predicted octanol–water partition coefficient (Wildman–Crippen LogP) is 2.36. The molecule has 0 aliphatic rings. The van der Waals surface area contributed by atoms with E-state index in [9.17, 15) is 0 Å². The van der Waals surface area contributed by atoms with Crippen LogP contribution in [0.15, 0.2) is 37.1 Å². The topological polar surface area (TPSA) is 93.1 Å². The van der Waals surface area contributed by atoms with Crippen LogP contribution in [0.2, 0.25) is 0 Å². The highest BCUT2D eigenvalue weighted by atomic mass is 16.5. The molecule has 3 heterocycles. The lowest BCUT2D eigenvalue weighted by Crippen LogP contribution is -2.09. The lowest BCUT2D eigenvalue weighted by molar-refractivity contribution is 0.0160. The van der Waals surface area contributed by atoms with Gasteiger partial charge in [-0.2, -0.15) is 10.2 Å². The first-order chi connectivity index (χ1) is 12.2. The Balaban J connectivity index is 2.10. The number of rotatable bonds is 7. The zero-order chi connectivity index (χ0) is 17.8. The summed E-state index contributed by atoms with van der Waals surface area (Å²) in [5.41, 5.74) is 3.82. The number of ether oxygens (including phenoxy) is 1. The molecule has 0 spiro atoms. The number of nitrogens with one attached hydrogen (secondary N) is 2. The highest BCUT2D eigenvalue weighted by Gasteiger charge is 2.14. The molecule has 0 amide bonds. The molecule has 0 aliphatic carbocycles. The fourth-order valence-electron chi connectivity index (χ4n) is 2.60. The molecular formula is C17H21N7O. The third kappa shape index (κ3) is 3.29. The summed E-state index contributed by atoms with van der Waals surface area (Å²) >= 11 is 0. The molecule has 0 aromatic carbocycles.